The van der Waals surface area contributed by atoms with Crippen molar-refractivity contribution in [3.63, 3.8) is 0 Å². The number of halogens is 1. The number of ether oxygens (including phenoxy) is 1. The van der Waals surface area contributed by atoms with E-state index < -0.39 is 15.9 Å². The zero-order valence-electron chi connectivity index (χ0n) is 20.3. The van der Waals surface area contributed by atoms with E-state index >= 15 is 0 Å². The summed E-state index contributed by atoms with van der Waals surface area (Å²) in [5.74, 6) is -0.0152. The Hall–Kier alpha value is -2.87. The summed E-state index contributed by atoms with van der Waals surface area (Å²) in [6.45, 7) is 6.89. The van der Waals surface area contributed by atoms with Crippen LogP contribution < -0.4 is 10.1 Å². The van der Waals surface area contributed by atoms with Gasteiger partial charge in [-0.25, -0.2) is 8.42 Å². The molecule has 1 heterocycles. The van der Waals surface area contributed by atoms with Crippen LogP contribution in [-0.2, 0) is 28.4 Å². The lowest BCUT2D eigenvalue weighted by Gasteiger charge is -2.28. The fourth-order valence-electron chi connectivity index (χ4n) is 4.12. The zero-order valence-corrected chi connectivity index (χ0v) is 21.8. The first-order valence-electron chi connectivity index (χ1n) is 11.4. The van der Waals surface area contributed by atoms with E-state index in [1.54, 1.807) is 6.07 Å². The van der Waals surface area contributed by atoms with Crippen LogP contribution in [0.15, 0.2) is 65.6 Å². The van der Waals surface area contributed by atoms with Gasteiger partial charge in [0.1, 0.15) is 5.75 Å². The molecule has 0 spiro atoms. The number of sulfonamides is 1. The molecule has 3 aromatic rings. The molecule has 0 radical (unpaired) electrons. The highest BCUT2D eigenvalue weighted by atomic mass is 35.5. The molecule has 1 N–H and O–H groups in total. The van der Waals surface area contributed by atoms with Crippen molar-refractivity contribution in [1.29, 1.82) is 0 Å². The first kappa shape index (κ1) is 25.2. The van der Waals surface area contributed by atoms with Gasteiger partial charge in [-0.1, -0.05) is 62.7 Å². The Bertz CT molecular complexity index is 1380. The highest BCUT2D eigenvalue weighted by Crippen LogP contribution is 2.33. The molecule has 0 bridgehead atoms. The Morgan fingerprint density at radius 2 is 1.74 bits per heavy atom. The van der Waals surface area contributed by atoms with Crippen molar-refractivity contribution < 1.29 is 17.9 Å². The van der Waals surface area contributed by atoms with Crippen LogP contribution in [0.25, 0.3) is 0 Å². The Morgan fingerprint density at radius 1 is 1.03 bits per heavy atom. The van der Waals surface area contributed by atoms with E-state index in [4.69, 9.17) is 16.3 Å². The molecule has 1 aliphatic rings. The molecule has 4 rings (SSSR count). The summed E-state index contributed by atoms with van der Waals surface area (Å²) in [6, 6.07) is 17.7. The van der Waals surface area contributed by atoms with Gasteiger partial charge in [0.05, 0.1) is 28.3 Å². The van der Waals surface area contributed by atoms with Gasteiger partial charge < -0.3 is 10.1 Å². The molecule has 0 aliphatic carbocycles. The second-order valence-electron chi connectivity index (χ2n) is 9.62. The molecule has 8 heteroatoms. The summed E-state index contributed by atoms with van der Waals surface area (Å²) in [5, 5.41) is 3.01. The van der Waals surface area contributed by atoms with Crippen LogP contribution in [0.1, 0.15) is 47.8 Å². The SMILES string of the molecule is COc1ccc(C(C)(C)C)cc1NC(=O)c1cc(S(=O)(=O)N2CCc3ccccc3C2)ccc1Cl. The molecular weight excluding hydrogens is 484 g/mol. The van der Waals surface area contributed by atoms with Crippen molar-refractivity contribution in [3.8, 4) is 5.75 Å². The van der Waals surface area contributed by atoms with Gasteiger partial charge in [-0.2, -0.15) is 4.31 Å². The largest absolute Gasteiger partial charge is 0.495 e. The van der Waals surface area contributed by atoms with Crippen LogP contribution in [0.5, 0.6) is 5.75 Å². The smallest absolute Gasteiger partial charge is 0.257 e. The number of benzene rings is 3. The van der Waals surface area contributed by atoms with Crippen LogP contribution in [0.4, 0.5) is 5.69 Å². The fourth-order valence-corrected chi connectivity index (χ4v) is 5.77. The molecule has 1 aliphatic heterocycles. The molecule has 0 aromatic heterocycles. The minimum absolute atomic E-state index is 0.0295. The predicted octanol–water partition coefficient (Wildman–Crippen LogP) is 5.65. The normalized spacial score (nSPS) is 14.3. The van der Waals surface area contributed by atoms with Gasteiger partial charge in [0.2, 0.25) is 10.0 Å². The van der Waals surface area contributed by atoms with Crippen molar-refractivity contribution in [1.82, 2.24) is 4.31 Å². The molecule has 6 nitrogen and oxygen atoms in total. The molecular formula is C27H29ClN2O4S. The number of hydrogen-bond donors (Lipinski definition) is 1. The summed E-state index contributed by atoms with van der Waals surface area (Å²) in [4.78, 5) is 13.3. The monoisotopic (exact) mass is 512 g/mol. The lowest BCUT2D eigenvalue weighted by atomic mass is 9.87. The number of anilines is 1. The van der Waals surface area contributed by atoms with E-state index in [1.165, 1.54) is 29.6 Å². The minimum Gasteiger partial charge on any atom is -0.495 e. The number of carbonyl (C=O) groups excluding carboxylic acids is 1. The number of fused-ring (bicyclic) bond motifs is 1. The van der Waals surface area contributed by atoms with Crippen molar-refractivity contribution in [2.24, 2.45) is 0 Å². The summed E-state index contributed by atoms with van der Waals surface area (Å²) >= 11 is 6.34. The van der Waals surface area contributed by atoms with Crippen molar-refractivity contribution in [2.75, 3.05) is 19.0 Å². The van der Waals surface area contributed by atoms with Crippen LogP contribution in [-0.4, -0.2) is 32.3 Å². The topological polar surface area (TPSA) is 75.7 Å². The second kappa shape index (κ2) is 9.64. The zero-order chi connectivity index (χ0) is 25.4. The number of nitrogens with one attached hydrogen (secondary N) is 1. The average molecular weight is 513 g/mol. The summed E-state index contributed by atoms with van der Waals surface area (Å²) in [7, 11) is -2.29. The van der Waals surface area contributed by atoms with E-state index in [9.17, 15) is 13.2 Å². The summed E-state index contributed by atoms with van der Waals surface area (Å²) in [5.41, 5.74) is 3.59. The van der Waals surface area contributed by atoms with Crippen LogP contribution in [0, 0.1) is 0 Å². The van der Waals surface area contributed by atoms with Gasteiger partial charge in [-0.3, -0.25) is 4.79 Å². The van der Waals surface area contributed by atoms with Gasteiger partial charge >= 0.3 is 0 Å². The highest BCUT2D eigenvalue weighted by Gasteiger charge is 2.29. The van der Waals surface area contributed by atoms with Gasteiger partial charge in [0, 0.05) is 13.1 Å². The van der Waals surface area contributed by atoms with E-state index in [-0.39, 0.29) is 20.9 Å². The Labute approximate surface area is 211 Å². The van der Waals surface area contributed by atoms with E-state index in [0.29, 0.717) is 30.9 Å². The number of rotatable bonds is 5. The van der Waals surface area contributed by atoms with Crippen LogP contribution in [0.3, 0.4) is 0 Å². The van der Waals surface area contributed by atoms with Crippen molar-refractivity contribution in [2.45, 2.75) is 44.0 Å². The van der Waals surface area contributed by atoms with Gasteiger partial charge in [-0.05, 0) is 58.9 Å². The molecule has 0 saturated heterocycles. The average Bonchev–Trinajstić information content (AvgIpc) is 2.83. The summed E-state index contributed by atoms with van der Waals surface area (Å²) < 4.78 is 33.7. The molecule has 0 atom stereocenters. The minimum atomic E-state index is -3.82. The molecule has 3 aromatic carbocycles. The Morgan fingerprint density at radius 3 is 2.43 bits per heavy atom. The number of amides is 1. The van der Waals surface area contributed by atoms with Gasteiger partial charge in [0.15, 0.2) is 0 Å². The number of nitrogens with zero attached hydrogens (tertiary/aromatic N) is 1. The molecule has 1 amide bonds. The maximum absolute atomic E-state index is 13.4. The van der Waals surface area contributed by atoms with E-state index in [1.807, 2.05) is 36.4 Å². The third kappa shape index (κ3) is 5.22. The molecule has 184 valence electrons. The Kier molecular flexibility index (Phi) is 6.95. The van der Waals surface area contributed by atoms with E-state index in [2.05, 4.69) is 26.1 Å². The first-order chi connectivity index (χ1) is 16.5. The maximum Gasteiger partial charge on any atom is 0.257 e. The van der Waals surface area contributed by atoms with Crippen molar-refractivity contribution in [3.05, 3.63) is 87.9 Å². The van der Waals surface area contributed by atoms with Crippen LogP contribution >= 0.6 is 11.6 Å². The number of hydrogen-bond acceptors (Lipinski definition) is 4. The second-order valence-corrected chi connectivity index (χ2v) is 12.0. The molecule has 0 saturated carbocycles. The maximum atomic E-state index is 13.4. The number of methoxy groups -OCH3 is 1. The van der Waals surface area contributed by atoms with Crippen molar-refractivity contribution >= 4 is 33.2 Å². The third-order valence-electron chi connectivity index (χ3n) is 6.23. The summed E-state index contributed by atoms with van der Waals surface area (Å²) in [6.07, 6.45) is 0.639. The Balaban J connectivity index is 1.63. The van der Waals surface area contributed by atoms with Crippen LogP contribution in [0.2, 0.25) is 5.02 Å². The van der Waals surface area contributed by atoms with Gasteiger partial charge in [0.25, 0.3) is 5.91 Å². The first-order valence-corrected chi connectivity index (χ1v) is 13.2. The highest BCUT2D eigenvalue weighted by molar-refractivity contribution is 7.89. The standard InChI is InChI=1S/C27H29ClN2O4S/c1-27(2,3)20-9-12-25(34-4)24(15-20)29-26(31)22-16-21(10-11-23(22)28)35(32,33)30-14-13-18-7-5-6-8-19(18)17-30/h5-12,15-16H,13-14,17H2,1-4H3,(H,29,31). The fraction of sp³-hybridized carbons (Fsp3) is 0.296. The molecule has 0 unspecified atom stereocenters. The molecule has 0 fully saturated rings. The third-order valence-corrected chi connectivity index (χ3v) is 8.40. The lowest BCUT2D eigenvalue weighted by molar-refractivity contribution is 0.102. The van der Waals surface area contributed by atoms with E-state index in [0.717, 1.165) is 16.7 Å². The lowest BCUT2D eigenvalue weighted by Crippen LogP contribution is -2.36. The predicted molar refractivity (Wildman–Crippen MR) is 139 cm³/mol. The number of carbonyl (C=O) groups is 1. The van der Waals surface area contributed by atoms with Gasteiger partial charge in [-0.15, -0.1) is 0 Å². The quantitative estimate of drug-likeness (QED) is 0.479. The molecule has 35 heavy (non-hydrogen) atoms.